The van der Waals surface area contributed by atoms with Crippen LogP contribution in [0.4, 0.5) is 5.69 Å². The SMILES string of the molecule is O=C(COCc1ccccc1)Nc1cc(C(=O)O)cc(-c2ccccc2-c2cc(Cl)ccc2OCc2ccccc2)c1. The first-order valence-electron chi connectivity index (χ1n) is 13.3. The number of amides is 1. The van der Waals surface area contributed by atoms with Crippen LogP contribution in [-0.2, 0) is 22.7 Å². The molecule has 2 N–H and O–H groups in total. The van der Waals surface area contributed by atoms with Crippen LogP contribution in [0.2, 0.25) is 5.02 Å². The van der Waals surface area contributed by atoms with Crippen molar-refractivity contribution in [3.05, 3.63) is 143 Å². The monoisotopic (exact) mass is 577 g/mol. The molecule has 0 unspecified atom stereocenters. The number of ether oxygens (including phenoxy) is 2. The second-order valence-electron chi connectivity index (χ2n) is 9.59. The molecule has 0 fully saturated rings. The summed E-state index contributed by atoms with van der Waals surface area (Å²) >= 11 is 6.42. The molecule has 0 aromatic heterocycles. The van der Waals surface area contributed by atoms with E-state index in [0.717, 1.165) is 27.8 Å². The molecule has 0 bridgehead atoms. The summed E-state index contributed by atoms with van der Waals surface area (Å²) in [6, 6.07) is 37.2. The molecule has 0 saturated heterocycles. The Morgan fingerprint density at radius 3 is 2.02 bits per heavy atom. The quantitative estimate of drug-likeness (QED) is 0.166. The Kier molecular flexibility index (Phi) is 9.29. The minimum atomic E-state index is -1.11. The van der Waals surface area contributed by atoms with E-state index in [2.05, 4.69) is 5.32 Å². The second kappa shape index (κ2) is 13.6. The van der Waals surface area contributed by atoms with Gasteiger partial charge in [0.15, 0.2) is 0 Å². The first kappa shape index (κ1) is 28.6. The van der Waals surface area contributed by atoms with Crippen LogP contribution in [0, 0.1) is 0 Å². The number of carboxylic acids is 1. The van der Waals surface area contributed by atoms with Crippen LogP contribution in [0.1, 0.15) is 21.5 Å². The lowest BCUT2D eigenvalue weighted by Gasteiger charge is -2.17. The first-order valence-corrected chi connectivity index (χ1v) is 13.7. The highest BCUT2D eigenvalue weighted by atomic mass is 35.5. The number of halogens is 1. The van der Waals surface area contributed by atoms with Crippen LogP contribution in [0.15, 0.2) is 121 Å². The third-order valence-electron chi connectivity index (χ3n) is 6.52. The number of nitrogens with one attached hydrogen (secondary N) is 1. The fourth-order valence-corrected chi connectivity index (χ4v) is 4.73. The minimum Gasteiger partial charge on any atom is -0.488 e. The van der Waals surface area contributed by atoms with Gasteiger partial charge in [-0.2, -0.15) is 0 Å². The van der Waals surface area contributed by atoms with Crippen molar-refractivity contribution in [1.82, 2.24) is 0 Å². The summed E-state index contributed by atoms with van der Waals surface area (Å²) in [6.45, 7) is 0.480. The number of carboxylic acid groups (broad SMARTS) is 1. The molecular weight excluding hydrogens is 550 g/mol. The Morgan fingerprint density at radius 1 is 0.690 bits per heavy atom. The number of carbonyl (C=O) groups is 2. The molecule has 5 rings (SSSR count). The minimum absolute atomic E-state index is 0.0365. The van der Waals surface area contributed by atoms with Crippen molar-refractivity contribution < 1.29 is 24.2 Å². The van der Waals surface area contributed by atoms with Crippen molar-refractivity contribution in [2.45, 2.75) is 13.2 Å². The van der Waals surface area contributed by atoms with Gasteiger partial charge in [-0.25, -0.2) is 4.79 Å². The number of hydrogen-bond acceptors (Lipinski definition) is 4. The fraction of sp³-hybridized carbons (Fsp3) is 0.0857. The number of benzene rings is 5. The zero-order valence-electron chi connectivity index (χ0n) is 22.6. The molecule has 210 valence electrons. The number of aromatic carboxylic acids is 1. The Hall–Kier alpha value is -4.91. The summed E-state index contributed by atoms with van der Waals surface area (Å²) in [4.78, 5) is 24.7. The third kappa shape index (κ3) is 7.43. The highest BCUT2D eigenvalue weighted by Crippen LogP contribution is 2.40. The van der Waals surface area contributed by atoms with Gasteiger partial charge in [0.05, 0.1) is 12.2 Å². The maximum atomic E-state index is 12.7. The lowest BCUT2D eigenvalue weighted by Crippen LogP contribution is -2.18. The van der Waals surface area contributed by atoms with Gasteiger partial charge in [0.25, 0.3) is 0 Å². The summed E-state index contributed by atoms with van der Waals surface area (Å²) in [5.41, 5.74) is 5.28. The molecule has 0 aliphatic carbocycles. The van der Waals surface area contributed by atoms with Crippen molar-refractivity contribution in [2.75, 3.05) is 11.9 Å². The highest BCUT2D eigenvalue weighted by molar-refractivity contribution is 6.31. The Balaban J connectivity index is 1.43. The molecule has 0 aliphatic heterocycles. The van der Waals surface area contributed by atoms with Gasteiger partial charge in [-0.1, -0.05) is 96.5 Å². The van der Waals surface area contributed by atoms with Gasteiger partial charge in [-0.15, -0.1) is 0 Å². The van der Waals surface area contributed by atoms with Crippen molar-refractivity contribution in [2.24, 2.45) is 0 Å². The van der Waals surface area contributed by atoms with E-state index < -0.39 is 5.97 Å². The first-order chi connectivity index (χ1) is 20.5. The summed E-state index contributed by atoms with van der Waals surface area (Å²) in [5.74, 6) is -0.867. The van der Waals surface area contributed by atoms with E-state index in [1.54, 1.807) is 18.2 Å². The topological polar surface area (TPSA) is 84.9 Å². The predicted molar refractivity (Wildman–Crippen MR) is 165 cm³/mol. The summed E-state index contributed by atoms with van der Waals surface area (Å²) in [6.07, 6.45) is 0. The smallest absolute Gasteiger partial charge is 0.335 e. The molecule has 0 aliphatic rings. The van der Waals surface area contributed by atoms with Gasteiger partial charge in [0.1, 0.15) is 19.0 Å². The van der Waals surface area contributed by atoms with Crippen LogP contribution in [0.5, 0.6) is 5.75 Å². The molecular formula is C35H28ClNO5. The average molecular weight is 578 g/mol. The van der Waals surface area contributed by atoms with Crippen LogP contribution < -0.4 is 10.1 Å². The van der Waals surface area contributed by atoms with Gasteiger partial charge in [-0.05, 0) is 64.2 Å². The van der Waals surface area contributed by atoms with Crippen molar-refractivity contribution in [1.29, 1.82) is 0 Å². The predicted octanol–water partition coefficient (Wildman–Crippen LogP) is 8.11. The standard InChI is InChI=1S/C35H28ClNO5/c36-28-15-16-33(42-22-25-11-5-2-6-12-25)32(20-28)31-14-8-7-13-30(31)26-17-27(35(39)40)19-29(18-26)37-34(38)23-41-21-24-9-3-1-4-10-24/h1-20H,21-23H2,(H,37,38)(H,39,40). The van der Waals surface area contributed by atoms with Crippen molar-refractivity contribution >= 4 is 29.2 Å². The summed E-state index contributed by atoms with van der Waals surface area (Å²) in [7, 11) is 0. The molecule has 0 radical (unpaired) electrons. The Labute approximate surface area is 249 Å². The van der Waals surface area contributed by atoms with Gasteiger partial charge in [0.2, 0.25) is 5.91 Å². The maximum Gasteiger partial charge on any atom is 0.335 e. The normalized spacial score (nSPS) is 10.7. The van der Waals surface area contributed by atoms with Gasteiger partial charge in [0, 0.05) is 16.3 Å². The number of hydrogen-bond donors (Lipinski definition) is 2. The van der Waals surface area contributed by atoms with Crippen molar-refractivity contribution in [3.63, 3.8) is 0 Å². The zero-order chi connectivity index (χ0) is 29.3. The molecule has 42 heavy (non-hydrogen) atoms. The van der Waals surface area contributed by atoms with E-state index in [0.29, 0.717) is 28.6 Å². The molecule has 0 spiro atoms. The number of anilines is 1. The fourth-order valence-electron chi connectivity index (χ4n) is 4.56. The Morgan fingerprint density at radius 2 is 1.33 bits per heavy atom. The molecule has 6 nitrogen and oxygen atoms in total. The highest BCUT2D eigenvalue weighted by Gasteiger charge is 2.16. The van der Waals surface area contributed by atoms with E-state index in [4.69, 9.17) is 21.1 Å². The zero-order valence-corrected chi connectivity index (χ0v) is 23.4. The van der Waals surface area contributed by atoms with E-state index in [1.165, 1.54) is 6.07 Å². The van der Waals surface area contributed by atoms with E-state index in [-0.39, 0.29) is 24.7 Å². The second-order valence-corrected chi connectivity index (χ2v) is 10.0. The van der Waals surface area contributed by atoms with Gasteiger partial charge in [-0.3, -0.25) is 4.79 Å². The number of rotatable bonds is 11. The van der Waals surface area contributed by atoms with Crippen LogP contribution in [0.25, 0.3) is 22.3 Å². The third-order valence-corrected chi connectivity index (χ3v) is 6.75. The van der Waals surface area contributed by atoms with Crippen LogP contribution in [0.3, 0.4) is 0 Å². The van der Waals surface area contributed by atoms with E-state index in [9.17, 15) is 14.7 Å². The van der Waals surface area contributed by atoms with E-state index >= 15 is 0 Å². The molecule has 0 heterocycles. The average Bonchev–Trinajstić information content (AvgIpc) is 3.01. The number of carbonyl (C=O) groups excluding carboxylic acids is 1. The summed E-state index contributed by atoms with van der Waals surface area (Å²) < 4.78 is 11.8. The van der Waals surface area contributed by atoms with Crippen molar-refractivity contribution in [3.8, 4) is 28.0 Å². The lowest BCUT2D eigenvalue weighted by molar-refractivity contribution is -0.121. The molecule has 1 amide bonds. The van der Waals surface area contributed by atoms with Crippen LogP contribution in [-0.4, -0.2) is 23.6 Å². The molecule has 5 aromatic rings. The Bertz CT molecular complexity index is 1690. The molecule has 0 saturated carbocycles. The molecule has 0 atom stereocenters. The summed E-state index contributed by atoms with van der Waals surface area (Å²) in [5, 5.41) is 13.2. The van der Waals surface area contributed by atoms with Crippen LogP contribution >= 0.6 is 11.6 Å². The largest absolute Gasteiger partial charge is 0.488 e. The van der Waals surface area contributed by atoms with E-state index in [1.807, 2.05) is 97.1 Å². The maximum absolute atomic E-state index is 12.7. The molecule has 7 heteroatoms. The molecule has 5 aromatic carbocycles. The van der Waals surface area contributed by atoms with Gasteiger partial charge < -0.3 is 19.9 Å². The van der Waals surface area contributed by atoms with Gasteiger partial charge >= 0.3 is 5.97 Å². The lowest BCUT2D eigenvalue weighted by atomic mass is 9.92.